The van der Waals surface area contributed by atoms with Crippen LogP contribution in [0.15, 0.2) is 12.3 Å². The topological polar surface area (TPSA) is 91.3 Å². The van der Waals surface area contributed by atoms with Crippen LogP contribution in [0.4, 0.5) is 0 Å². The maximum absolute atomic E-state index is 11.2. The fourth-order valence-corrected chi connectivity index (χ4v) is 2.55. The molecule has 0 radical (unpaired) electrons. The van der Waals surface area contributed by atoms with E-state index >= 15 is 0 Å². The van der Waals surface area contributed by atoms with Crippen LogP contribution in [0.25, 0.3) is 0 Å². The normalized spacial score (nSPS) is 16.9. The van der Waals surface area contributed by atoms with Gasteiger partial charge < -0.3 is 4.52 Å². The Bertz CT molecular complexity index is 278. The first-order chi connectivity index (χ1) is 6.39. The van der Waals surface area contributed by atoms with Gasteiger partial charge in [0.2, 0.25) is 0 Å². The fraction of sp³-hybridized carbons (Fsp3) is 0.600. The summed E-state index contributed by atoms with van der Waals surface area (Å²) < 4.78 is 39.2. The van der Waals surface area contributed by atoms with E-state index in [1.165, 1.54) is 6.08 Å². The summed E-state index contributed by atoms with van der Waals surface area (Å²) in [6, 6.07) is 0. The van der Waals surface area contributed by atoms with Crippen molar-refractivity contribution in [3.05, 3.63) is 12.3 Å². The van der Waals surface area contributed by atoms with Crippen molar-refractivity contribution in [3.8, 4) is 0 Å². The zero-order valence-corrected chi connectivity index (χ0v) is 9.73. The van der Waals surface area contributed by atoms with Crippen LogP contribution in [-0.4, -0.2) is 19.1 Å². The Kier molecular flexibility index (Phi) is 5.59. The molecule has 9 heteroatoms. The summed E-state index contributed by atoms with van der Waals surface area (Å²) in [6.45, 7) is 1.56. The molecule has 0 aliphatic carbocycles. The lowest BCUT2D eigenvalue weighted by atomic mass is 10.8. The van der Waals surface area contributed by atoms with Crippen molar-refractivity contribution in [2.45, 2.75) is 6.92 Å². The second-order valence-corrected chi connectivity index (χ2v) is 5.36. The maximum Gasteiger partial charge on any atom is 0.535 e. The molecule has 0 aromatic heterocycles. The summed E-state index contributed by atoms with van der Waals surface area (Å²) in [6.07, 6.45) is 2.28. The first-order valence-electron chi connectivity index (χ1n) is 3.44. The summed E-state index contributed by atoms with van der Waals surface area (Å²) in [5, 5.41) is 0. The van der Waals surface area contributed by atoms with Gasteiger partial charge in [0.1, 0.15) is 0 Å². The van der Waals surface area contributed by atoms with Crippen molar-refractivity contribution in [3.63, 3.8) is 0 Å². The molecule has 0 spiro atoms. The minimum atomic E-state index is -4.46. The second-order valence-electron chi connectivity index (χ2n) is 1.94. The molecule has 1 unspecified atom stereocenters. The highest BCUT2D eigenvalue weighted by atomic mass is 31.3. The standard InChI is InChI=1S/C5H12O7P2/c1-4-5-11-13(6,7)12-14(8,9-2)10-3/h4-5H,1-3H3,(H,6,7). The molecule has 0 aromatic rings. The van der Waals surface area contributed by atoms with Gasteiger partial charge in [0.15, 0.2) is 0 Å². The van der Waals surface area contributed by atoms with E-state index in [2.05, 4.69) is 17.9 Å². The molecule has 1 N–H and O–H groups in total. The predicted octanol–water partition coefficient (Wildman–Crippen LogP) is 2.05. The van der Waals surface area contributed by atoms with Gasteiger partial charge in [-0.25, -0.2) is 9.13 Å². The SMILES string of the molecule is CC=COP(=O)(O)OP(=O)(OC)OC. The Balaban J connectivity index is 4.48. The monoisotopic (exact) mass is 246 g/mol. The lowest BCUT2D eigenvalue weighted by Crippen LogP contribution is -1.94. The smallest absolute Gasteiger partial charge is 0.412 e. The highest BCUT2D eigenvalue weighted by Crippen LogP contribution is 2.62. The number of rotatable bonds is 6. The lowest BCUT2D eigenvalue weighted by Gasteiger charge is -2.15. The third kappa shape index (κ3) is 4.91. The Hall–Kier alpha value is -0.160. The van der Waals surface area contributed by atoms with Crippen molar-refractivity contribution in [2.24, 2.45) is 0 Å². The van der Waals surface area contributed by atoms with Crippen LogP contribution in [0.5, 0.6) is 0 Å². The van der Waals surface area contributed by atoms with E-state index in [0.29, 0.717) is 0 Å². The van der Waals surface area contributed by atoms with Crippen LogP contribution < -0.4 is 0 Å². The molecule has 14 heavy (non-hydrogen) atoms. The maximum atomic E-state index is 11.2. The third-order valence-corrected chi connectivity index (χ3v) is 3.89. The summed E-state index contributed by atoms with van der Waals surface area (Å²) in [4.78, 5) is 8.97. The zero-order valence-electron chi connectivity index (χ0n) is 7.95. The van der Waals surface area contributed by atoms with E-state index in [0.717, 1.165) is 20.5 Å². The highest BCUT2D eigenvalue weighted by Gasteiger charge is 2.36. The number of hydrogen-bond acceptors (Lipinski definition) is 6. The molecular weight excluding hydrogens is 234 g/mol. The molecule has 0 saturated heterocycles. The lowest BCUT2D eigenvalue weighted by molar-refractivity contribution is 0.178. The Morgan fingerprint density at radius 1 is 1.21 bits per heavy atom. The van der Waals surface area contributed by atoms with E-state index in [4.69, 9.17) is 4.89 Å². The number of phosphoric acid groups is 2. The molecule has 0 bridgehead atoms. The van der Waals surface area contributed by atoms with Gasteiger partial charge in [0.05, 0.1) is 6.26 Å². The molecule has 7 nitrogen and oxygen atoms in total. The van der Waals surface area contributed by atoms with Gasteiger partial charge in [0.25, 0.3) is 0 Å². The van der Waals surface area contributed by atoms with Gasteiger partial charge in [-0.2, -0.15) is 4.31 Å². The molecule has 0 saturated carbocycles. The first-order valence-corrected chi connectivity index (χ1v) is 6.40. The molecule has 0 aliphatic heterocycles. The summed E-state index contributed by atoms with van der Waals surface area (Å²) in [7, 11) is -6.45. The zero-order chi connectivity index (χ0) is 11.2. The molecule has 0 aliphatic rings. The van der Waals surface area contributed by atoms with Crippen molar-refractivity contribution < 1.29 is 31.9 Å². The highest BCUT2D eigenvalue weighted by molar-refractivity contribution is 7.61. The van der Waals surface area contributed by atoms with Crippen LogP contribution >= 0.6 is 15.6 Å². The molecule has 84 valence electrons. The largest absolute Gasteiger partial charge is 0.535 e. The van der Waals surface area contributed by atoms with E-state index in [9.17, 15) is 9.13 Å². The molecule has 0 fully saturated rings. The van der Waals surface area contributed by atoms with Crippen LogP contribution in [0.3, 0.4) is 0 Å². The minimum absolute atomic E-state index is 0.927. The van der Waals surface area contributed by atoms with E-state index in [1.54, 1.807) is 6.92 Å². The van der Waals surface area contributed by atoms with Gasteiger partial charge in [-0.15, -0.1) is 0 Å². The van der Waals surface area contributed by atoms with E-state index in [1.807, 2.05) is 0 Å². The Morgan fingerprint density at radius 3 is 2.07 bits per heavy atom. The third-order valence-electron chi connectivity index (χ3n) is 0.981. The molecule has 0 amide bonds. The van der Waals surface area contributed by atoms with Crippen molar-refractivity contribution in [1.82, 2.24) is 0 Å². The number of phosphoric ester groups is 2. The van der Waals surface area contributed by atoms with Gasteiger partial charge >= 0.3 is 15.6 Å². The molecule has 1 atom stereocenters. The average molecular weight is 246 g/mol. The summed E-state index contributed by atoms with van der Waals surface area (Å²) in [5.74, 6) is 0. The summed E-state index contributed by atoms with van der Waals surface area (Å²) in [5.41, 5.74) is 0. The van der Waals surface area contributed by atoms with Crippen molar-refractivity contribution >= 4 is 15.6 Å². The van der Waals surface area contributed by atoms with Crippen LogP contribution in [-0.2, 0) is 27.0 Å². The quantitative estimate of drug-likeness (QED) is 0.566. The Labute approximate surface area is 81.9 Å². The molecule has 0 aromatic carbocycles. The van der Waals surface area contributed by atoms with E-state index < -0.39 is 15.6 Å². The van der Waals surface area contributed by atoms with Gasteiger partial charge in [0, 0.05) is 14.2 Å². The van der Waals surface area contributed by atoms with Crippen molar-refractivity contribution in [1.29, 1.82) is 0 Å². The van der Waals surface area contributed by atoms with E-state index in [-0.39, 0.29) is 0 Å². The van der Waals surface area contributed by atoms with Crippen molar-refractivity contribution in [2.75, 3.05) is 14.2 Å². The number of hydrogen-bond donors (Lipinski definition) is 1. The second kappa shape index (κ2) is 5.66. The molecular formula is C5H12O7P2. The number of allylic oxidation sites excluding steroid dienone is 1. The fourth-order valence-electron chi connectivity index (χ4n) is 0.425. The van der Waals surface area contributed by atoms with Crippen LogP contribution in [0.2, 0.25) is 0 Å². The van der Waals surface area contributed by atoms with Crippen LogP contribution in [0, 0.1) is 0 Å². The predicted molar refractivity (Wildman–Crippen MR) is 48.4 cm³/mol. The minimum Gasteiger partial charge on any atom is -0.412 e. The van der Waals surface area contributed by atoms with Crippen LogP contribution in [0.1, 0.15) is 6.92 Å². The summed E-state index contributed by atoms with van der Waals surface area (Å²) >= 11 is 0. The van der Waals surface area contributed by atoms with Gasteiger partial charge in [-0.1, -0.05) is 6.08 Å². The first kappa shape index (κ1) is 13.8. The Morgan fingerprint density at radius 2 is 1.71 bits per heavy atom. The average Bonchev–Trinajstić information content (AvgIpc) is 2.14. The van der Waals surface area contributed by atoms with Gasteiger partial charge in [-0.05, 0) is 6.92 Å². The molecule has 0 heterocycles. The molecule has 0 rings (SSSR count). The van der Waals surface area contributed by atoms with Gasteiger partial charge in [-0.3, -0.25) is 13.9 Å².